The lowest BCUT2D eigenvalue weighted by Crippen LogP contribution is -2.25. The van der Waals surface area contributed by atoms with E-state index in [4.69, 9.17) is 4.42 Å². The minimum atomic E-state index is 0.155. The molecule has 0 radical (unpaired) electrons. The molecule has 0 N–H and O–H groups in total. The van der Waals surface area contributed by atoms with E-state index >= 15 is 0 Å². The molecule has 0 spiro atoms. The summed E-state index contributed by atoms with van der Waals surface area (Å²) in [7, 11) is 1.84. The first kappa shape index (κ1) is 12.7. The van der Waals surface area contributed by atoms with Crippen molar-refractivity contribution in [3.8, 4) is 0 Å². The van der Waals surface area contributed by atoms with Crippen LogP contribution in [0.2, 0.25) is 0 Å². The molecule has 2 rings (SSSR count). The van der Waals surface area contributed by atoms with Crippen molar-refractivity contribution < 1.29 is 9.21 Å². The van der Waals surface area contributed by atoms with E-state index in [1.807, 2.05) is 32.2 Å². The van der Waals surface area contributed by atoms with Crippen molar-refractivity contribution >= 4 is 16.9 Å². The molecule has 1 heterocycles. The average molecular weight is 245 g/mol. The second kappa shape index (κ2) is 5.25. The molecule has 1 aromatic heterocycles. The number of hydrogen-bond acceptors (Lipinski definition) is 2. The number of fused-ring (bicyclic) bond motifs is 1. The Morgan fingerprint density at radius 2 is 2.00 bits per heavy atom. The number of carbonyl (C=O) groups is 1. The van der Waals surface area contributed by atoms with Crippen LogP contribution in [0.25, 0.3) is 11.0 Å². The van der Waals surface area contributed by atoms with Gasteiger partial charge in [0.2, 0.25) is 5.91 Å². The lowest BCUT2D eigenvalue weighted by Gasteiger charge is -2.16. The lowest BCUT2D eigenvalue weighted by molar-refractivity contribution is -0.130. The topological polar surface area (TPSA) is 33.5 Å². The zero-order valence-corrected chi connectivity index (χ0v) is 11.2. The van der Waals surface area contributed by atoms with Crippen LogP contribution in [0.1, 0.15) is 31.6 Å². The Morgan fingerprint density at radius 1 is 1.28 bits per heavy atom. The van der Waals surface area contributed by atoms with Gasteiger partial charge >= 0.3 is 0 Å². The highest BCUT2D eigenvalue weighted by Gasteiger charge is 2.15. The molecule has 0 aliphatic carbocycles. The minimum absolute atomic E-state index is 0.155. The number of nitrogens with zero attached hydrogens (tertiary/aromatic N) is 1. The Balaban J connectivity index is 2.39. The van der Waals surface area contributed by atoms with Gasteiger partial charge < -0.3 is 9.32 Å². The number of carbonyl (C=O) groups excluding carboxylic acids is 1. The number of hydrogen-bond donors (Lipinski definition) is 0. The van der Waals surface area contributed by atoms with Gasteiger partial charge in [-0.05, 0) is 6.07 Å². The second-order valence-electron chi connectivity index (χ2n) is 4.46. The van der Waals surface area contributed by atoms with E-state index in [0.29, 0.717) is 13.0 Å². The van der Waals surface area contributed by atoms with Crippen LogP contribution in [0, 0.1) is 0 Å². The molecule has 0 aliphatic heterocycles. The first-order valence-corrected chi connectivity index (χ1v) is 6.40. The van der Waals surface area contributed by atoms with Crippen LogP contribution in [0.5, 0.6) is 0 Å². The molecule has 0 fully saturated rings. The van der Waals surface area contributed by atoms with Crippen molar-refractivity contribution in [1.82, 2.24) is 4.90 Å². The quantitative estimate of drug-likeness (QED) is 0.827. The number of rotatable bonds is 4. The predicted molar refractivity (Wildman–Crippen MR) is 72.4 cm³/mol. The van der Waals surface area contributed by atoms with E-state index in [1.165, 1.54) is 0 Å². The van der Waals surface area contributed by atoms with Crippen LogP contribution < -0.4 is 0 Å². The van der Waals surface area contributed by atoms with Crippen LogP contribution >= 0.6 is 0 Å². The van der Waals surface area contributed by atoms with Gasteiger partial charge in [0.05, 0.1) is 0 Å². The smallest absolute Gasteiger partial charge is 0.222 e. The molecule has 0 unspecified atom stereocenters. The van der Waals surface area contributed by atoms with Crippen LogP contribution in [0.3, 0.4) is 0 Å². The zero-order valence-electron chi connectivity index (χ0n) is 11.2. The summed E-state index contributed by atoms with van der Waals surface area (Å²) >= 11 is 0. The summed E-state index contributed by atoms with van der Waals surface area (Å²) in [5.41, 5.74) is 2.04. The van der Waals surface area contributed by atoms with Crippen molar-refractivity contribution in [3.05, 3.63) is 35.6 Å². The van der Waals surface area contributed by atoms with Crippen molar-refractivity contribution in [2.75, 3.05) is 7.05 Å². The fourth-order valence-electron chi connectivity index (χ4n) is 2.20. The highest BCUT2D eigenvalue weighted by molar-refractivity contribution is 5.83. The molecule has 1 aromatic carbocycles. The third-order valence-corrected chi connectivity index (χ3v) is 3.23. The Labute approximate surface area is 107 Å². The van der Waals surface area contributed by atoms with Gasteiger partial charge in [-0.1, -0.05) is 32.0 Å². The third kappa shape index (κ3) is 2.26. The van der Waals surface area contributed by atoms with Gasteiger partial charge in [-0.25, -0.2) is 0 Å². The zero-order chi connectivity index (χ0) is 13.1. The van der Waals surface area contributed by atoms with Gasteiger partial charge in [0.25, 0.3) is 0 Å². The van der Waals surface area contributed by atoms with Crippen LogP contribution in [0.4, 0.5) is 0 Å². The SMILES string of the molecule is CCC(=O)N(C)Cc1c(CC)oc2ccccc12. The predicted octanol–water partition coefficient (Wildman–Crippen LogP) is 3.36. The summed E-state index contributed by atoms with van der Waals surface area (Å²) in [5, 5.41) is 1.12. The van der Waals surface area contributed by atoms with Crippen LogP contribution in [-0.4, -0.2) is 17.9 Å². The van der Waals surface area contributed by atoms with Crippen molar-refractivity contribution in [2.24, 2.45) is 0 Å². The molecule has 0 aliphatic rings. The number of aryl methyl sites for hydroxylation is 1. The first-order valence-electron chi connectivity index (χ1n) is 6.40. The maximum atomic E-state index is 11.7. The number of benzene rings is 1. The van der Waals surface area contributed by atoms with Gasteiger partial charge in [-0.3, -0.25) is 4.79 Å². The molecule has 0 atom stereocenters. The highest BCUT2D eigenvalue weighted by Crippen LogP contribution is 2.27. The Morgan fingerprint density at radius 3 is 2.67 bits per heavy atom. The van der Waals surface area contributed by atoms with E-state index in [9.17, 15) is 4.79 Å². The molecule has 0 saturated carbocycles. The van der Waals surface area contributed by atoms with Gasteiger partial charge in [0.15, 0.2) is 0 Å². The van der Waals surface area contributed by atoms with E-state index < -0.39 is 0 Å². The highest BCUT2D eigenvalue weighted by atomic mass is 16.3. The minimum Gasteiger partial charge on any atom is -0.461 e. The van der Waals surface area contributed by atoms with Gasteiger partial charge in [0, 0.05) is 37.4 Å². The molecule has 0 saturated heterocycles. The van der Waals surface area contributed by atoms with Gasteiger partial charge in [-0.2, -0.15) is 0 Å². The van der Waals surface area contributed by atoms with Crippen LogP contribution in [-0.2, 0) is 17.8 Å². The van der Waals surface area contributed by atoms with E-state index in [-0.39, 0.29) is 5.91 Å². The lowest BCUT2D eigenvalue weighted by atomic mass is 10.1. The Kier molecular flexibility index (Phi) is 3.70. The first-order chi connectivity index (χ1) is 8.67. The maximum Gasteiger partial charge on any atom is 0.222 e. The summed E-state index contributed by atoms with van der Waals surface area (Å²) in [6.07, 6.45) is 1.38. The van der Waals surface area contributed by atoms with Crippen molar-refractivity contribution in [2.45, 2.75) is 33.2 Å². The molecular formula is C15H19NO2. The van der Waals surface area contributed by atoms with Crippen LogP contribution in [0.15, 0.2) is 28.7 Å². The molecule has 1 amide bonds. The molecule has 3 nitrogen and oxygen atoms in total. The second-order valence-corrected chi connectivity index (χ2v) is 4.46. The summed E-state index contributed by atoms with van der Waals surface area (Å²) in [6, 6.07) is 8.00. The largest absolute Gasteiger partial charge is 0.461 e. The normalized spacial score (nSPS) is 10.8. The molecule has 18 heavy (non-hydrogen) atoms. The molecule has 0 bridgehead atoms. The monoisotopic (exact) mass is 245 g/mol. The van der Waals surface area contributed by atoms with E-state index in [0.717, 1.165) is 28.7 Å². The summed E-state index contributed by atoms with van der Waals surface area (Å²) in [6.45, 7) is 4.57. The Hall–Kier alpha value is -1.77. The van der Waals surface area contributed by atoms with Gasteiger partial charge in [0.1, 0.15) is 11.3 Å². The van der Waals surface area contributed by atoms with Crippen molar-refractivity contribution in [1.29, 1.82) is 0 Å². The Bertz CT molecular complexity index is 557. The summed E-state index contributed by atoms with van der Waals surface area (Å²) in [4.78, 5) is 13.4. The van der Waals surface area contributed by atoms with E-state index in [1.54, 1.807) is 4.90 Å². The van der Waals surface area contributed by atoms with Crippen molar-refractivity contribution in [3.63, 3.8) is 0 Å². The fourth-order valence-corrected chi connectivity index (χ4v) is 2.20. The standard InChI is InChI=1S/C15H19NO2/c1-4-13-12(10-16(3)15(17)5-2)11-8-6-7-9-14(11)18-13/h6-9H,4-5,10H2,1-3H3. The van der Waals surface area contributed by atoms with Gasteiger partial charge in [-0.15, -0.1) is 0 Å². The van der Waals surface area contributed by atoms with E-state index in [2.05, 4.69) is 13.0 Å². The number of furan rings is 1. The molecule has 3 heteroatoms. The number of para-hydroxylation sites is 1. The molecular weight excluding hydrogens is 226 g/mol. The number of amides is 1. The summed E-state index contributed by atoms with van der Waals surface area (Å²) in [5.74, 6) is 1.13. The maximum absolute atomic E-state index is 11.7. The molecule has 2 aromatic rings. The molecule has 96 valence electrons. The fraction of sp³-hybridized carbons (Fsp3) is 0.400. The summed E-state index contributed by atoms with van der Waals surface area (Å²) < 4.78 is 5.82. The average Bonchev–Trinajstić information content (AvgIpc) is 2.76. The third-order valence-electron chi connectivity index (χ3n) is 3.23.